The third kappa shape index (κ3) is 3.88. The number of hydrogen-bond acceptors (Lipinski definition) is 0. The summed E-state index contributed by atoms with van der Waals surface area (Å²) in [5, 5.41) is 7.21. The van der Waals surface area contributed by atoms with Crippen molar-refractivity contribution in [2.24, 2.45) is 0 Å². The number of allylic oxidation sites excluding steroid dienone is 2. The monoisotopic (exact) mass is 514 g/mol. The maximum atomic E-state index is 3.97. The standard InChI is InChI=1S/C38H30N2/c1-4-5-12-28-20-19-27-13-6-7-14-30(27)37-33(31-15-8-10-17-35(31)39-37)24-34-32-16-9-11-18-36(32)40(38(28)34)29-22-25(2)21-26(3)23-29/h4-24,39H,1H2,2-3H3/b12-5-,20-19?,27-19?,28-20?,33-24?,34-24?,37-30?,38-28?. The molecule has 2 heteroatoms. The van der Waals surface area contributed by atoms with Gasteiger partial charge in [0.15, 0.2) is 0 Å². The van der Waals surface area contributed by atoms with Crippen molar-refractivity contribution in [3.63, 3.8) is 0 Å². The van der Waals surface area contributed by atoms with Crippen LogP contribution in [-0.4, -0.2) is 9.55 Å². The first kappa shape index (κ1) is 24.0. The van der Waals surface area contributed by atoms with Gasteiger partial charge in [-0.3, -0.25) is 0 Å². The summed E-state index contributed by atoms with van der Waals surface area (Å²) in [7, 11) is 0. The van der Waals surface area contributed by atoms with Crippen molar-refractivity contribution in [3.8, 4) is 5.69 Å². The molecule has 2 aromatic heterocycles. The zero-order valence-corrected chi connectivity index (χ0v) is 22.8. The number of aromatic nitrogens is 2. The second-order valence-corrected chi connectivity index (χ2v) is 10.5. The van der Waals surface area contributed by atoms with Gasteiger partial charge in [-0.1, -0.05) is 104 Å². The second kappa shape index (κ2) is 9.59. The summed E-state index contributed by atoms with van der Waals surface area (Å²) in [6, 6.07) is 39.7. The highest BCUT2D eigenvalue weighted by atomic mass is 15.0. The molecule has 192 valence electrons. The smallest absolute Gasteiger partial charge is 0.0613 e. The van der Waals surface area contributed by atoms with Crippen LogP contribution in [0.3, 0.4) is 0 Å². The zero-order valence-electron chi connectivity index (χ0n) is 22.8. The van der Waals surface area contributed by atoms with Crippen LogP contribution in [0, 0.1) is 13.8 Å². The van der Waals surface area contributed by atoms with E-state index < -0.39 is 0 Å². The van der Waals surface area contributed by atoms with Gasteiger partial charge in [0.1, 0.15) is 0 Å². The largest absolute Gasteiger partial charge is 0.354 e. The molecule has 2 nitrogen and oxygen atoms in total. The maximum absolute atomic E-state index is 3.97. The fourth-order valence-corrected chi connectivity index (χ4v) is 6.15. The van der Waals surface area contributed by atoms with Gasteiger partial charge < -0.3 is 9.55 Å². The van der Waals surface area contributed by atoms with Crippen LogP contribution in [0.5, 0.6) is 0 Å². The molecule has 0 unspecified atom stereocenters. The van der Waals surface area contributed by atoms with E-state index in [4.69, 9.17) is 0 Å². The van der Waals surface area contributed by atoms with Gasteiger partial charge in [0.2, 0.25) is 0 Å². The minimum Gasteiger partial charge on any atom is -0.354 e. The average Bonchev–Trinajstić information content (AvgIpc) is 3.49. The Bertz CT molecular complexity index is 2180. The van der Waals surface area contributed by atoms with Gasteiger partial charge in [0, 0.05) is 38.1 Å². The van der Waals surface area contributed by atoms with E-state index in [0.717, 1.165) is 27.8 Å². The number of rotatable bonds is 3. The van der Waals surface area contributed by atoms with Crippen molar-refractivity contribution in [2.45, 2.75) is 13.8 Å². The Hall–Kier alpha value is -5.08. The molecule has 0 aliphatic carbocycles. The molecule has 0 amide bonds. The first-order chi connectivity index (χ1) is 19.6. The molecular formula is C38H30N2. The van der Waals surface area contributed by atoms with E-state index in [1.165, 1.54) is 49.0 Å². The van der Waals surface area contributed by atoms with Crippen LogP contribution in [0.4, 0.5) is 0 Å². The molecule has 0 fully saturated rings. The Morgan fingerprint density at radius 2 is 1.35 bits per heavy atom. The summed E-state index contributed by atoms with van der Waals surface area (Å²) >= 11 is 0. The molecule has 5 aromatic carbocycles. The van der Waals surface area contributed by atoms with Crippen molar-refractivity contribution in [3.05, 3.63) is 145 Å². The molecular weight excluding hydrogens is 484 g/mol. The van der Waals surface area contributed by atoms with Crippen LogP contribution < -0.4 is 0 Å². The third-order valence-electron chi connectivity index (χ3n) is 7.77. The average molecular weight is 515 g/mol. The summed E-state index contributed by atoms with van der Waals surface area (Å²) in [4.78, 5) is 3.76. The van der Waals surface area contributed by atoms with E-state index in [1.807, 2.05) is 12.2 Å². The predicted octanol–water partition coefficient (Wildman–Crippen LogP) is 10.5. The predicted molar refractivity (Wildman–Crippen MR) is 174 cm³/mol. The molecule has 1 N–H and O–H groups in total. The minimum absolute atomic E-state index is 1.12. The molecule has 0 saturated heterocycles. The first-order valence-corrected chi connectivity index (χ1v) is 13.7. The normalized spacial score (nSPS) is 11.8. The number of aryl methyl sites for hydroxylation is 2. The van der Waals surface area contributed by atoms with Gasteiger partial charge in [-0.15, -0.1) is 0 Å². The summed E-state index contributed by atoms with van der Waals surface area (Å²) in [6.07, 6.45) is 6.05. The Morgan fingerprint density at radius 1 is 0.650 bits per heavy atom. The van der Waals surface area contributed by atoms with E-state index in [1.54, 1.807) is 0 Å². The Kier molecular flexibility index (Phi) is 5.75. The highest BCUT2D eigenvalue weighted by molar-refractivity contribution is 6.19. The van der Waals surface area contributed by atoms with Crippen LogP contribution in [0.25, 0.3) is 66.1 Å². The number of nitrogens with zero attached hydrogens (tertiary/aromatic N) is 1. The van der Waals surface area contributed by atoms with Crippen molar-refractivity contribution < 1.29 is 0 Å². The van der Waals surface area contributed by atoms with Gasteiger partial charge in [-0.05, 0) is 66.3 Å². The van der Waals surface area contributed by atoms with Crippen molar-refractivity contribution in [1.82, 2.24) is 9.55 Å². The number of benzene rings is 4. The zero-order chi connectivity index (χ0) is 27.2. The van der Waals surface area contributed by atoms with E-state index in [9.17, 15) is 0 Å². The first-order valence-electron chi connectivity index (χ1n) is 13.7. The van der Waals surface area contributed by atoms with Crippen molar-refractivity contribution >= 4 is 60.5 Å². The number of fused-ring (bicyclic) bond motifs is 8. The maximum Gasteiger partial charge on any atom is 0.0613 e. The molecule has 0 atom stereocenters. The summed E-state index contributed by atoms with van der Waals surface area (Å²) in [5.41, 5.74) is 9.41. The van der Waals surface area contributed by atoms with Gasteiger partial charge in [-0.25, -0.2) is 0 Å². The SMILES string of the molecule is C=C/C=C\c1ccc2ccccc2c2[nH]c3ccccc3c2cc2c3ccccc3n(-c3cc(C)cc(C)c3)c12. The van der Waals surface area contributed by atoms with Crippen molar-refractivity contribution in [2.75, 3.05) is 0 Å². The fraction of sp³-hybridized carbons (Fsp3) is 0.0526. The lowest BCUT2D eigenvalue weighted by molar-refractivity contribution is 1.16. The van der Waals surface area contributed by atoms with E-state index in [-0.39, 0.29) is 0 Å². The Balaban J connectivity index is 1.83. The summed E-state index contributed by atoms with van der Waals surface area (Å²) in [5.74, 6) is 0. The minimum atomic E-state index is 1.12. The fourth-order valence-electron chi connectivity index (χ4n) is 6.15. The summed E-state index contributed by atoms with van der Waals surface area (Å²) < 4.78 is 2.43. The van der Waals surface area contributed by atoms with Gasteiger partial charge >= 0.3 is 0 Å². The highest BCUT2D eigenvalue weighted by Crippen LogP contribution is 2.37. The summed E-state index contributed by atoms with van der Waals surface area (Å²) in [6.45, 7) is 8.32. The molecule has 40 heavy (non-hydrogen) atoms. The van der Waals surface area contributed by atoms with Crippen molar-refractivity contribution in [1.29, 1.82) is 0 Å². The molecule has 7 rings (SSSR count). The molecule has 0 aliphatic heterocycles. The lowest BCUT2D eigenvalue weighted by Crippen LogP contribution is -1.96. The van der Waals surface area contributed by atoms with Gasteiger partial charge in [0.25, 0.3) is 0 Å². The number of aromatic amines is 1. The quantitative estimate of drug-likeness (QED) is 0.226. The number of H-pyrrole nitrogens is 1. The Morgan fingerprint density at radius 3 is 2.15 bits per heavy atom. The molecule has 0 aliphatic rings. The topological polar surface area (TPSA) is 20.7 Å². The van der Waals surface area contributed by atoms with E-state index >= 15 is 0 Å². The molecule has 0 spiro atoms. The highest BCUT2D eigenvalue weighted by Gasteiger charge is 2.15. The second-order valence-electron chi connectivity index (χ2n) is 10.5. The van der Waals surface area contributed by atoms with Gasteiger partial charge in [0.05, 0.1) is 16.6 Å². The van der Waals surface area contributed by atoms with E-state index in [0.29, 0.717) is 0 Å². The van der Waals surface area contributed by atoms with Crippen LogP contribution in [0.15, 0.2) is 128 Å². The van der Waals surface area contributed by atoms with Gasteiger partial charge in [-0.2, -0.15) is 0 Å². The molecule has 0 saturated carbocycles. The lowest BCUT2D eigenvalue weighted by Gasteiger charge is -2.11. The molecule has 0 radical (unpaired) electrons. The Labute approximate surface area is 233 Å². The molecule has 0 bridgehead atoms. The van der Waals surface area contributed by atoms with Crippen LogP contribution >= 0.6 is 0 Å². The van der Waals surface area contributed by atoms with Crippen LogP contribution in [0.1, 0.15) is 16.7 Å². The molecule has 7 aromatic rings. The lowest BCUT2D eigenvalue weighted by atomic mass is 10.0. The number of hydrogen-bond donors (Lipinski definition) is 1. The molecule has 2 heterocycles. The number of nitrogens with one attached hydrogen (secondary N) is 1. The third-order valence-corrected chi connectivity index (χ3v) is 7.77. The number of para-hydroxylation sites is 2. The van der Waals surface area contributed by atoms with Crippen LogP contribution in [0.2, 0.25) is 0 Å². The van der Waals surface area contributed by atoms with E-state index in [2.05, 4.69) is 145 Å². The van der Waals surface area contributed by atoms with Crippen LogP contribution in [-0.2, 0) is 0 Å².